The quantitative estimate of drug-likeness (QED) is 0.228. The molecule has 188 valence electrons. The van der Waals surface area contributed by atoms with Crippen molar-refractivity contribution in [3.8, 4) is 38.6 Å². The van der Waals surface area contributed by atoms with Crippen LogP contribution in [0.15, 0.2) is 134 Å². The highest BCUT2D eigenvalue weighted by molar-refractivity contribution is 7.21. The van der Waals surface area contributed by atoms with Crippen LogP contribution in [0, 0.1) is 0 Å². The molecule has 40 heavy (non-hydrogen) atoms. The normalized spacial score (nSPS) is 11.5. The van der Waals surface area contributed by atoms with Crippen LogP contribution in [0.2, 0.25) is 0 Å². The molecule has 0 atom stereocenters. The third-order valence-corrected chi connectivity index (χ3v) is 8.45. The molecule has 0 saturated heterocycles. The van der Waals surface area contributed by atoms with Gasteiger partial charge in [-0.05, 0) is 77.9 Å². The van der Waals surface area contributed by atoms with Crippen molar-refractivity contribution in [3.63, 3.8) is 0 Å². The number of rotatable bonds is 4. The van der Waals surface area contributed by atoms with Gasteiger partial charge in [-0.3, -0.25) is 9.97 Å². The summed E-state index contributed by atoms with van der Waals surface area (Å²) in [6, 6.07) is 40.5. The Morgan fingerprint density at radius 1 is 0.550 bits per heavy atom. The van der Waals surface area contributed by atoms with Gasteiger partial charge in [0.25, 0.3) is 0 Å². The Morgan fingerprint density at radius 2 is 1.35 bits per heavy atom. The molecule has 8 rings (SSSR count). The van der Waals surface area contributed by atoms with E-state index in [-0.39, 0.29) is 0 Å². The van der Waals surface area contributed by atoms with E-state index in [1.165, 1.54) is 15.5 Å². The van der Waals surface area contributed by atoms with Crippen LogP contribution in [0.1, 0.15) is 0 Å². The van der Waals surface area contributed by atoms with Crippen LogP contribution in [0.25, 0.3) is 70.7 Å². The minimum absolute atomic E-state index is 0.940. The van der Waals surface area contributed by atoms with Gasteiger partial charge in [0.1, 0.15) is 5.01 Å². The monoisotopic (exact) mass is 530 g/mol. The maximum Gasteiger partial charge on any atom is 0.124 e. The summed E-state index contributed by atoms with van der Waals surface area (Å²) in [6.07, 6.45) is 5.53. The van der Waals surface area contributed by atoms with Gasteiger partial charge >= 0.3 is 0 Å². The summed E-state index contributed by atoms with van der Waals surface area (Å²) in [4.78, 5) is 13.9. The summed E-state index contributed by atoms with van der Waals surface area (Å²) >= 11 is 1.73. The van der Waals surface area contributed by atoms with Gasteiger partial charge in [0.05, 0.1) is 26.9 Å². The van der Waals surface area contributed by atoms with Crippen molar-refractivity contribution in [2.45, 2.75) is 0 Å². The smallest absolute Gasteiger partial charge is 0.124 e. The van der Waals surface area contributed by atoms with Crippen LogP contribution in [0.5, 0.6) is 0 Å². The van der Waals surface area contributed by atoms with E-state index in [1.54, 1.807) is 11.3 Å². The maximum absolute atomic E-state index is 4.95. The van der Waals surface area contributed by atoms with E-state index in [1.807, 2.05) is 36.8 Å². The van der Waals surface area contributed by atoms with Crippen LogP contribution in [0.4, 0.5) is 0 Å². The van der Waals surface area contributed by atoms with Crippen LogP contribution in [-0.4, -0.2) is 19.5 Å². The van der Waals surface area contributed by atoms with E-state index in [2.05, 4.69) is 112 Å². The molecule has 4 aromatic carbocycles. The van der Waals surface area contributed by atoms with Gasteiger partial charge in [-0.1, -0.05) is 48.5 Å². The zero-order chi connectivity index (χ0) is 26.5. The molecular weight excluding hydrogens is 508 g/mol. The van der Waals surface area contributed by atoms with Crippen molar-refractivity contribution < 1.29 is 0 Å². The molecule has 0 unspecified atom stereocenters. The van der Waals surface area contributed by atoms with E-state index in [9.17, 15) is 0 Å². The molecule has 4 nitrogen and oxygen atoms in total. The first-order chi connectivity index (χ1) is 19.8. The van der Waals surface area contributed by atoms with Gasteiger partial charge in [-0.15, -0.1) is 11.3 Å². The fraction of sp³-hybridized carbons (Fsp3) is 0. The Bertz CT molecular complexity index is 2070. The van der Waals surface area contributed by atoms with Crippen molar-refractivity contribution in [3.05, 3.63) is 134 Å². The number of aromatic nitrogens is 4. The molecule has 0 aliphatic carbocycles. The largest absolute Gasteiger partial charge is 0.309 e. The highest BCUT2D eigenvalue weighted by Gasteiger charge is 2.16. The Kier molecular flexibility index (Phi) is 5.28. The number of thiazole rings is 1. The molecule has 0 amide bonds. The first-order valence-corrected chi connectivity index (χ1v) is 14.0. The molecule has 0 radical (unpaired) electrons. The van der Waals surface area contributed by atoms with Crippen molar-refractivity contribution in [2.24, 2.45) is 0 Å². The average Bonchev–Trinajstić information content (AvgIpc) is 3.61. The average molecular weight is 531 g/mol. The first kappa shape index (κ1) is 22.8. The summed E-state index contributed by atoms with van der Waals surface area (Å²) < 4.78 is 3.57. The Morgan fingerprint density at radius 3 is 2.23 bits per heavy atom. The van der Waals surface area contributed by atoms with Crippen LogP contribution >= 0.6 is 11.3 Å². The van der Waals surface area contributed by atoms with Crippen LogP contribution in [-0.2, 0) is 0 Å². The van der Waals surface area contributed by atoms with E-state index >= 15 is 0 Å². The van der Waals surface area contributed by atoms with E-state index in [0.717, 1.165) is 55.2 Å². The molecule has 0 N–H and O–H groups in total. The summed E-state index contributed by atoms with van der Waals surface area (Å²) in [5.74, 6) is 0. The molecular formula is C35H22N4S. The SMILES string of the molecule is c1ccc(-c2cc(-c3ccncc3)cc(-n3c4ccccc4c4ccc(-c5nc6ccccc6s5)cc43)c2)nc1. The van der Waals surface area contributed by atoms with Crippen LogP contribution < -0.4 is 0 Å². The zero-order valence-corrected chi connectivity index (χ0v) is 22.2. The van der Waals surface area contributed by atoms with Crippen molar-refractivity contribution in [1.29, 1.82) is 0 Å². The topological polar surface area (TPSA) is 43.6 Å². The van der Waals surface area contributed by atoms with Crippen LogP contribution in [0.3, 0.4) is 0 Å². The van der Waals surface area contributed by atoms with Crippen molar-refractivity contribution in [1.82, 2.24) is 19.5 Å². The molecule has 4 aromatic heterocycles. The van der Waals surface area contributed by atoms with Gasteiger partial charge in [-0.2, -0.15) is 0 Å². The number of hydrogen-bond donors (Lipinski definition) is 0. The number of para-hydroxylation sites is 2. The fourth-order valence-corrected chi connectivity index (χ4v) is 6.47. The molecule has 0 spiro atoms. The lowest BCUT2D eigenvalue weighted by molar-refractivity contribution is 1.18. The molecule has 4 heterocycles. The predicted molar refractivity (Wildman–Crippen MR) is 166 cm³/mol. The summed E-state index contributed by atoms with van der Waals surface area (Å²) in [7, 11) is 0. The first-order valence-electron chi connectivity index (χ1n) is 13.2. The number of hydrogen-bond acceptors (Lipinski definition) is 4. The molecule has 0 aliphatic heterocycles. The lowest BCUT2D eigenvalue weighted by Crippen LogP contribution is -1.96. The number of fused-ring (bicyclic) bond motifs is 4. The van der Waals surface area contributed by atoms with Crippen molar-refractivity contribution in [2.75, 3.05) is 0 Å². The fourth-order valence-electron chi connectivity index (χ4n) is 5.51. The van der Waals surface area contributed by atoms with E-state index < -0.39 is 0 Å². The second kappa shape index (κ2) is 9.26. The van der Waals surface area contributed by atoms with E-state index in [0.29, 0.717) is 0 Å². The summed E-state index contributed by atoms with van der Waals surface area (Å²) in [6.45, 7) is 0. The molecule has 8 aromatic rings. The molecule has 0 bridgehead atoms. The third-order valence-electron chi connectivity index (χ3n) is 7.36. The maximum atomic E-state index is 4.95. The molecule has 0 saturated carbocycles. The third kappa shape index (κ3) is 3.79. The van der Waals surface area contributed by atoms with Gasteiger partial charge < -0.3 is 4.57 Å². The Hall–Kier alpha value is -5.13. The van der Waals surface area contributed by atoms with Gasteiger partial charge in [0, 0.05) is 46.2 Å². The summed E-state index contributed by atoms with van der Waals surface area (Å²) in [5.41, 5.74) is 9.80. The van der Waals surface area contributed by atoms with Crippen molar-refractivity contribution >= 4 is 43.4 Å². The number of pyridine rings is 2. The van der Waals surface area contributed by atoms with Gasteiger partial charge in [0.2, 0.25) is 0 Å². The zero-order valence-electron chi connectivity index (χ0n) is 21.4. The highest BCUT2D eigenvalue weighted by atomic mass is 32.1. The summed E-state index contributed by atoms with van der Waals surface area (Å²) in [5, 5.41) is 3.47. The van der Waals surface area contributed by atoms with Gasteiger partial charge in [-0.25, -0.2) is 4.98 Å². The second-order valence-electron chi connectivity index (χ2n) is 9.79. The number of nitrogens with zero attached hydrogens (tertiary/aromatic N) is 4. The molecule has 0 fully saturated rings. The minimum atomic E-state index is 0.940. The van der Waals surface area contributed by atoms with E-state index in [4.69, 9.17) is 4.98 Å². The molecule has 0 aliphatic rings. The lowest BCUT2D eigenvalue weighted by atomic mass is 10.0. The van der Waals surface area contributed by atoms with Gasteiger partial charge in [0.15, 0.2) is 0 Å². The predicted octanol–water partition coefficient (Wildman–Crippen LogP) is 9.18. The molecule has 5 heteroatoms. The standard InChI is InChI=1S/C35H22N4S/c1-3-10-32-28(7-1)29-13-12-24(35-38-31-9-2-4-11-34(31)40-35)22-33(29)39(32)27-20-25(23-14-17-36-18-15-23)19-26(21-27)30-8-5-6-16-37-30/h1-22H. The Labute approximate surface area is 234 Å². The lowest BCUT2D eigenvalue weighted by Gasteiger charge is -2.14. The minimum Gasteiger partial charge on any atom is -0.309 e. The highest BCUT2D eigenvalue weighted by Crippen LogP contribution is 2.38. The second-order valence-corrected chi connectivity index (χ2v) is 10.8. The Balaban J connectivity index is 1.41. The number of benzene rings is 4.